The fourth-order valence-corrected chi connectivity index (χ4v) is 3.59. The van der Waals surface area contributed by atoms with Gasteiger partial charge >= 0.3 is 0 Å². The van der Waals surface area contributed by atoms with E-state index in [1.165, 1.54) is 25.9 Å². The van der Waals surface area contributed by atoms with Crippen LogP contribution in [-0.4, -0.2) is 67.0 Å². The van der Waals surface area contributed by atoms with Gasteiger partial charge in [-0.1, -0.05) is 18.2 Å². The van der Waals surface area contributed by atoms with Gasteiger partial charge in [0.25, 0.3) is 5.91 Å². The number of carbonyl (C=O) groups is 2. The van der Waals surface area contributed by atoms with E-state index >= 15 is 0 Å². The third-order valence-corrected chi connectivity index (χ3v) is 5.02. The Morgan fingerprint density at radius 1 is 1.04 bits per heavy atom. The topological polar surface area (TPSA) is 61.9 Å². The molecule has 6 nitrogen and oxygen atoms in total. The van der Waals surface area contributed by atoms with E-state index in [0.29, 0.717) is 11.8 Å². The smallest absolute Gasteiger partial charge is 0.258 e. The van der Waals surface area contributed by atoms with Gasteiger partial charge in [0, 0.05) is 19.1 Å². The maximum Gasteiger partial charge on any atom is 0.258 e. The van der Waals surface area contributed by atoms with E-state index < -0.39 is 0 Å². The quantitative estimate of drug-likeness (QED) is 0.843. The molecule has 3 rings (SSSR count). The molecule has 0 saturated carbocycles. The van der Waals surface area contributed by atoms with E-state index in [1.807, 2.05) is 23.1 Å². The van der Waals surface area contributed by atoms with Gasteiger partial charge in [0.15, 0.2) is 6.61 Å². The molecule has 2 saturated heterocycles. The summed E-state index contributed by atoms with van der Waals surface area (Å²) in [5.41, 5.74) is 0. The number of carbonyl (C=O) groups excluding carboxylic acids is 2. The van der Waals surface area contributed by atoms with Crippen LogP contribution in [-0.2, 0) is 9.59 Å². The van der Waals surface area contributed by atoms with Crippen LogP contribution in [0, 0.1) is 0 Å². The molecular weight excluding hydrogens is 318 g/mol. The number of ether oxygens (including phenoxy) is 1. The predicted molar refractivity (Wildman–Crippen MR) is 95.4 cm³/mol. The second-order valence-corrected chi connectivity index (χ2v) is 6.73. The van der Waals surface area contributed by atoms with E-state index in [0.717, 1.165) is 25.9 Å². The maximum atomic E-state index is 12.3. The molecule has 0 radical (unpaired) electrons. The lowest BCUT2D eigenvalue weighted by atomic mass is 10.0. The summed E-state index contributed by atoms with van der Waals surface area (Å²) in [6.07, 6.45) is 4.68. The number of hydrogen-bond donors (Lipinski definition) is 1. The summed E-state index contributed by atoms with van der Waals surface area (Å²) in [5, 5.41) is 2.65. The first-order valence-electron chi connectivity index (χ1n) is 9.19. The maximum absolute atomic E-state index is 12.3. The molecule has 0 bridgehead atoms. The molecule has 1 N–H and O–H groups in total. The van der Waals surface area contributed by atoms with E-state index in [9.17, 15) is 9.59 Å². The Morgan fingerprint density at radius 2 is 1.72 bits per heavy atom. The van der Waals surface area contributed by atoms with E-state index in [2.05, 4.69) is 10.2 Å². The lowest BCUT2D eigenvalue weighted by Crippen LogP contribution is -2.48. The molecule has 136 valence electrons. The number of rotatable bonds is 6. The molecular formula is C19H27N3O3. The van der Waals surface area contributed by atoms with Crippen molar-refractivity contribution in [3.63, 3.8) is 0 Å². The van der Waals surface area contributed by atoms with Crippen LogP contribution in [0.1, 0.15) is 25.7 Å². The zero-order valence-electron chi connectivity index (χ0n) is 14.7. The van der Waals surface area contributed by atoms with Crippen LogP contribution < -0.4 is 10.1 Å². The zero-order valence-corrected chi connectivity index (χ0v) is 14.7. The molecule has 0 aromatic heterocycles. The Bertz CT molecular complexity index is 565. The third kappa shape index (κ3) is 5.19. The minimum absolute atomic E-state index is 0.00654. The number of benzene rings is 1. The van der Waals surface area contributed by atoms with Crippen LogP contribution in [0.25, 0.3) is 0 Å². The summed E-state index contributed by atoms with van der Waals surface area (Å²) in [6, 6.07) is 9.80. The number of para-hydroxylation sites is 1. The molecule has 2 heterocycles. The van der Waals surface area contributed by atoms with Gasteiger partial charge in [-0.05, 0) is 50.9 Å². The molecule has 0 aliphatic carbocycles. The van der Waals surface area contributed by atoms with Gasteiger partial charge in [-0.3, -0.25) is 9.59 Å². The zero-order chi connectivity index (χ0) is 17.5. The second kappa shape index (κ2) is 8.85. The van der Waals surface area contributed by atoms with Crippen molar-refractivity contribution in [2.24, 2.45) is 0 Å². The Hall–Kier alpha value is -2.08. The third-order valence-electron chi connectivity index (χ3n) is 5.02. The van der Waals surface area contributed by atoms with Crippen LogP contribution in [0.3, 0.4) is 0 Å². The Balaban J connectivity index is 1.33. The van der Waals surface area contributed by atoms with Crippen molar-refractivity contribution in [2.75, 3.05) is 39.3 Å². The highest BCUT2D eigenvalue weighted by atomic mass is 16.5. The second-order valence-electron chi connectivity index (χ2n) is 6.73. The molecule has 2 aliphatic rings. The number of nitrogens with zero attached hydrogens (tertiary/aromatic N) is 2. The molecule has 0 atom stereocenters. The minimum atomic E-state index is -0.274. The van der Waals surface area contributed by atoms with Gasteiger partial charge < -0.3 is 19.9 Å². The van der Waals surface area contributed by atoms with Crippen molar-refractivity contribution in [1.29, 1.82) is 0 Å². The number of likely N-dealkylation sites (tertiary alicyclic amines) is 2. The summed E-state index contributed by atoms with van der Waals surface area (Å²) in [6.45, 7) is 3.96. The summed E-state index contributed by atoms with van der Waals surface area (Å²) in [5.74, 6) is 0.366. The van der Waals surface area contributed by atoms with Gasteiger partial charge in [-0.25, -0.2) is 0 Å². The number of nitrogens with one attached hydrogen (secondary N) is 1. The van der Waals surface area contributed by atoms with Gasteiger partial charge in [0.05, 0.1) is 6.54 Å². The molecule has 25 heavy (non-hydrogen) atoms. The first kappa shape index (κ1) is 17.7. The highest BCUT2D eigenvalue weighted by molar-refractivity contribution is 5.85. The largest absolute Gasteiger partial charge is 0.484 e. The standard InChI is InChI=1S/C19H27N3O3/c23-18(15-25-17-6-2-1-3-7-17)20-14-19(24)22-12-8-16(9-13-22)21-10-4-5-11-21/h1-3,6-7,16H,4-5,8-15H2,(H,20,23). The van der Waals surface area contributed by atoms with Crippen molar-refractivity contribution in [1.82, 2.24) is 15.1 Å². The molecule has 2 fully saturated rings. The highest BCUT2D eigenvalue weighted by Gasteiger charge is 2.28. The average Bonchev–Trinajstić information content (AvgIpc) is 3.20. The molecule has 1 aromatic carbocycles. The van der Waals surface area contributed by atoms with Gasteiger partial charge in [0.2, 0.25) is 5.91 Å². The summed E-state index contributed by atoms with van der Waals surface area (Å²) in [7, 11) is 0. The molecule has 1 aromatic rings. The lowest BCUT2D eigenvalue weighted by Gasteiger charge is -2.36. The number of amides is 2. The Morgan fingerprint density at radius 3 is 2.40 bits per heavy atom. The normalized spacial score (nSPS) is 19.0. The molecule has 2 amide bonds. The first-order chi connectivity index (χ1) is 12.2. The summed E-state index contributed by atoms with van der Waals surface area (Å²) in [4.78, 5) is 28.5. The van der Waals surface area contributed by atoms with Crippen molar-refractivity contribution in [3.8, 4) is 5.75 Å². The fourth-order valence-electron chi connectivity index (χ4n) is 3.59. The molecule has 2 aliphatic heterocycles. The predicted octanol–water partition coefficient (Wildman–Crippen LogP) is 1.27. The average molecular weight is 345 g/mol. The molecule has 0 unspecified atom stereocenters. The number of hydrogen-bond acceptors (Lipinski definition) is 4. The molecule has 6 heteroatoms. The van der Waals surface area contributed by atoms with Crippen molar-refractivity contribution in [2.45, 2.75) is 31.7 Å². The van der Waals surface area contributed by atoms with Crippen LogP contribution >= 0.6 is 0 Å². The Kier molecular flexibility index (Phi) is 6.28. The number of piperidine rings is 1. The van der Waals surface area contributed by atoms with E-state index in [-0.39, 0.29) is 25.0 Å². The fraction of sp³-hybridized carbons (Fsp3) is 0.579. The van der Waals surface area contributed by atoms with E-state index in [1.54, 1.807) is 12.1 Å². The van der Waals surface area contributed by atoms with Crippen molar-refractivity contribution < 1.29 is 14.3 Å². The Labute approximate surface area is 149 Å². The van der Waals surface area contributed by atoms with Crippen molar-refractivity contribution in [3.05, 3.63) is 30.3 Å². The van der Waals surface area contributed by atoms with Gasteiger partial charge in [-0.2, -0.15) is 0 Å². The van der Waals surface area contributed by atoms with Gasteiger partial charge in [0.1, 0.15) is 5.75 Å². The molecule has 0 spiro atoms. The first-order valence-corrected chi connectivity index (χ1v) is 9.19. The van der Waals surface area contributed by atoms with Crippen LogP contribution in [0.2, 0.25) is 0 Å². The van der Waals surface area contributed by atoms with Crippen molar-refractivity contribution >= 4 is 11.8 Å². The van der Waals surface area contributed by atoms with Crippen LogP contribution in [0.4, 0.5) is 0 Å². The van der Waals surface area contributed by atoms with Crippen LogP contribution in [0.5, 0.6) is 5.75 Å². The SMILES string of the molecule is O=C(COc1ccccc1)NCC(=O)N1CCC(N2CCCC2)CC1. The lowest BCUT2D eigenvalue weighted by molar-refractivity contribution is -0.134. The van der Waals surface area contributed by atoms with Gasteiger partial charge in [-0.15, -0.1) is 0 Å². The van der Waals surface area contributed by atoms with E-state index in [4.69, 9.17) is 4.74 Å². The summed E-state index contributed by atoms with van der Waals surface area (Å²) >= 11 is 0. The van der Waals surface area contributed by atoms with Crippen LogP contribution in [0.15, 0.2) is 30.3 Å². The highest BCUT2D eigenvalue weighted by Crippen LogP contribution is 2.20. The summed E-state index contributed by atoms with van der Waals surface area (Å²) < 4.78 is 5.37. The monoisotopic (exact) mass is 345 g/mol. The minimum Gasteiger partial charge on any atom is -0.484 e.